The number of aliphatic imine (C=N–C) groups is 1. The van der Waals surface area contributed by atoms with Crippen LogP contribution in [-0.2, 0) is 19.1 Å². The van der Waals surface area contributed by atoms with E-state index in [0.29, 0.717) is 5.57 Å². The number of nitrogens with zero attached hydrogens (tertiary/aromatic N) is 1. The molecule has 1 rings (SSSR count). The molecule has 1 aliphatic rings. The normalized spacial score (nSPS) is 14.8. The van der Waals surface area contributed by atoms with E-state index in [1.165, 1.54) is 20.1 Å². The summed E-state index contributed by atoms with van der Waals surface area (Å²) >= 11 is 0. The zero-order valence-corrected chi connectivity index (χ0v) is 10.1. The standard InChI is InChI=1S/C11H13N3O4/c1-6-4-8(13-9(16)5-18-3)11(17)14-10(6)12-7(2)15/h4H,1,5H2,2-3H3,(H,13,16)(H,12,14,15,17). The van der Waals surface area contributed by atoms with Gasteiger partial charge in [0.1, 0.15) is 18.1 Å². The van der Waals surface area contributed by atoms with Gasteiger partial charge in [0.15, 0.2) is 0 Å². The number of nitrogens with one attached hydrogen (secondary N) is 2. The molecule has 0 bridgehead atoms. The predicted molar refractivity (Wildman–Crippen MR) is 63.5 cm³/mol. The van der Waals surface area contributed by atoms with Crippen molar-refractivity contribution in [3.8, 4) is 0 Å². The molecular weight excluding hydrogens is 238 g/mol. The Morgan fingerprint density at radius 1 is 1.44 bits per heavy atom. The van der Waals surface area contributed by atoms with Gasteiger partial charge in [-0.15, -0.1) is 0 Å². The van der Waals surface area contributed by atoms with Gasteiger partial charge in [-0.3, -0.25) is 14.4 Å². The lowest BCUT2D eigenvalue weighted by Gasteiger charge is -2.14. The molecule has 0 aromatic rings. The molecule has 0 saturated heterocycles. The second-order valence-electron chi connectivity index (χ2n) is 3.51. The van der Waals surface area contributed by atoms with Gasteiger partial charge in [0.2, 0.25) is 5.91 Å². The third-order valence-corrected chi connectivity index (χ3v) is 1.91. The summed E-state index contributed by atoms with van der Waals surface area (Å²) in [6.45, 7) is 4.75. The molecule has 0 fully saturated rings. The third kappa shape index (κ3) is 3.63. The number of hydrogen-bond donors (Lipinski definition) is 2. The summed E-state index contributed by atoms with van der Waals surface area (Å²) in [5.74, 6) is -1.40. The van der Waals surface area contributed by atoms with Gasteiger partial charge < -0.3 is 15.4 Å². The number of dihydropyridines is 1. The molecule has 0 aliphatic carbocycles. The molecule has 7 nitrogen and oxygen atoms in total. The number of amides is 3. The molecule has 0 unspecified atom stereocenters. The van der Waals surface area contributed by atoms with Crippen LogP contribution in [0, 0.1) is 0 Å². The predicted octanol–water partition coefficient (Wildman–Crippen LogP) is -0.736. The highest BCUT2D eigenvalue weighted by Crippen LogP contribution is 2.09. The van der Waals surface area contributed by atoms with Crippen molar-refractivity contribution in [3.63, 3.8) is 0 Å². The van der Waals surface area contributed by atoms with E-state index in [1.807, 2.05) is 0 Å². The molecule has 0 spiro atoms. The second-order valence-corrected chi connectivity index (χ2v) is 3.51. The van der Waals surface area contributed by atoms with Crippen LogP contribution in [0.25, 0.3) is 0 Å². The van der Waals surface area contributed by atoms with Crippen molar-refractivity contribution < 1.29 is 19.1 Å². The average molecular weight is 251 g/mol. The Bertz CT molecular complexity index is 477. The molecule has 1 heterocycles. The van der Waals surface area contributed by atoms with Crippen LogP contribution < -0.4 is 10.6 Å². The summed E-state index contributed by atoms with van der Waals surface area (Å²) in [6, 6.07) is 0. The lowest BCUT2D eigenvalue weighted by Crippen LogP contribution is -2.36. The first-order valence-corrected chi connectivity index (χ1v) is 5.04. The van der Waals surface area contributed by atoms with Crippen LogP contribution in [0.1, 0.15) is 6.92 Å². The van der Waals surface area contributed by atoms with Crippen molar-refractivity contribution in [3.05, 3.63) is 23.9 Å². The smallest absolute Gasteiger partial charge is 0.295 e. The maximum absolute atomic E-state index is 11.6. The van der Waals surface area contributed by atoms with Crippen LogP contribution in [-0.4, -0.2) is 37.3 Å². The molecule has 3 amide bonds. The Kier molecular flexibility index (Phi) is 4.50. The first kappa shape index (κ1) is 13.8. The third-order valence-electron chi connectivity index (χ3n) is 1.91. The van der Waals surface area contributed by atoms with Crippen LogP contribution >= 0.6 is 0 Å². The number of rotatable bonds is 3. The number of amidine groups is 1. The topological polar surface area (TPSA) is 96.9 Å². The van der Waals surface area contributed by atoms with Crippen molar-refractivity contribution in [2.75, 3.05) is 13.7 Å². The minimum absolute atomic E-state index is 0.00356. The Morgan fingerprint density at radius 2 is 2.11 bits per heavy atom. The lowest BCUT2D eigenvalue weighted by molar-refractivity contribution is -0.125. The van der Waals surface area contributed by atoms with E-state index in [0.717, 1.165) is 0 Å². The summed E-state index contributed by atoms with van der Waals surface area (Å²) in [5, 5.41) is 4.71. The molecule has 0 saturated carbocycles. The minimum Gasteiger partial charge on any atom is -0.375 e. The number of carbonyl (C=O) groups is 3. The lowest BCUT2D eigenvalue weighted by atomic mass is 10.1. The van der Waals surface area contributed by atoms with E-state index >= 15 is 0 Å². The van der Waals surface area contributed by atoms with Gasteiger partial charge in [0, 0.05) is 19.6 Å². The summed E-state index contributed by atoms with van der Waals surface area (Å²) < 4.78 is 4.62. The zero-order chi connectivity index (χ0) is 13.7. The van der Waals surface area contributed by atoms with Gasteiger partial charge in [-0.2, -0.15) is 4.99 Å². The summed E-state index contributed by atoms with van der Waals surface area (Å²) in [7, 11) is 1.36. The van der Waals surface area contributed by atoms with Crippen molar-refractivity contribution in [2.45, 2.75) is 6.92 Å². The molecule has 0 aromatic carbocycles. The van der Waals surface area contributed by atoms with E-state index in [9.17, 15) is 14.4 Å². The fourth-order valence-electron chi connectivity index (χ4n) is 1.22. The molecule has 7 heteroatoms. The maximum Gasteiger partial charge on any atom is 0.295 e. The first-order chi connectivity index (χ1) is 8.43. The Morgan fingerprint density at radius 3 is 2.67 bits per heavy atom. The number of methoxy groups -OCH3 is 1. The van der Waals surface area contributed by atoms with Crippen LogP contribution in [0.4, 0.5) is 0 Å². The van der Waals surface area contributed by atoms with Crippen molar-refractivity contribution >= 4 is 23.6 Å². The first-order valence-electron chi connectivity index (χ1n) is 5.04. The van der Waals surface area contributed by atoms with Crippen LogP contribution in [0.3, 0.4) is 0 Å². The molecule has 18 heavy (non-hydrogen) atoms. The zero-order valence-electron chi connectivity index (χ0n) is 10.1. The molecule has 0 aromatic heterocycles. The summed E-state index contributed by atoms with van der Waals surface area (Å²) in [4.78, 5) is 37.3. The maximum atomic E-state index is 11.6. The van der Waals surface area contributed by atoms with Crippen LogP contribution in [0.5, 0.6) is 0 Å². The minimum atomic E-state index is -0.657. The highest BCUT2D eigenvalue weighted by atomic mass is 16.5. The SMILES string of the molecule is C=C1C=C(NC(=O)COC)C(=O)N=C1NC(C)=O. The van der Waals surface area contributed by atoms with Crippen LogP contribution in [0.15, 0.2) is 28.9 Å². The number of carbonyl (C=O) groups excluding carboxylic acids is 3. The van der Waals surface area contributed by atoms with Gasteiger partial charge in [0.25, 0.3) is 11.8 Å². The molecule has 0 radical (unpaired) electrons. The van der Waals surface area contributed by atoms with Gasteiger partial charge in [-0.25, -0.2) is 0 Å². The van der Waals surface area contributed by atoms with Gasteiger partial charge in [0.05, 0.1) is 0 Å². The number of ether oxygens (including phenoxy) is 1. The molecule has 2 N–H and O–H groups in total. The summed E-state index contributed by atoms with van der Waals surface area (Å²) in [6.07, 6.45) is 1.34. The van der Waals surface area contributed by atoms with Crippen molar-refractivity contribution in [2.24, 2.45) is 4.99 Å². The fraction of sp³-hybridized carbons (Fsp3) is 0.273. The molecule has 1 aliphatic heterocycles. The molecular formula is C11H13N3O4. The van der Waals surface area contributed by atoms with E-state index in [2.05, 4.69) is 26.9 Å². The van der Waals surface area contributed by atoms with Crippen molar-refractivity contribution in [1.29, 1.82) is 0 Å². The Labute approximate surface area is 104 Å². The van der Waals surface area contributed by atoms with E-state index in [4.69, 9.17) is 0 Å². The highest BCUT2D eigenvalue weighted by Gasteiger charge is 2.20. The number of hydrogen-bond acceptors (Lipinski definition) is 4. The van der Waals surface area contributed by atoms with Gasteiger partial charge in [-0.05, 0) is 6.08 Å². The second kappa shape index (κ2) is 5.87. The average Bonchev–Trinajstić information content (AvgIpc) is 2.25. The summed E-state index contributed by atoms with van der Waals surface area (Å²) in [5.41, 5.74) is 0.327. The Hall–Kier alpha value is -2.28. The van der Waals surface area contributed by atoms with E-state index in [1.54, 1.807) is 0 Å². The van der Waals surface area contributed by atoms with Crippen LogP contribution in [0.2, 0.25) is 0 Å². The fourth-order valence-corrected chi connectivity index (χ4v) is 1.22. The monoisotopic (exact) mass is 251 g/mol. The van der Waals surface area contributed by atoms with E-state index in [-0.39, 0.29) is 24.0 Å². The van der Waals surface area contributed by atoms with E-state index < -0.39 is 11.8 Å². The largest absolute Gasteiger partial charge is 0.375 e. The van der Waals surface area contributed by atoms with Gasteiger partial charge >= 0.3 is 0 Å². The van der Waals surface area contributed by atoms with Crippen molar-refractivity contribution in [1.82, 2.24) is 10.6 Å². The Balaban J connectivity index is 2.77. The van der Waals surface area contributed by atoms with Gasteiger partial charge in [-0.1, -0.05) is 6.58 Å². The highest BCUT2D eigenvalue weighted by molar-refractivity contribution is 6.18. The quantitative estimate of drug-likeness (QED) is 0.690. The molecule has 96 valence electrons. The molecule has 0 atom stereocenters.